The summed E-state index contributed by atoms with van der Waals surface area (Å²) in [5.74, 6) is 0.115. The zero-order valence-electron chi connectivity index (χ0n) is 12.2. The van der Waals surface area contributed by atoms with E-state index in [0.717, 1.165) is 0 Å². The fourth-order valence-corrected chi connectivity index (χ4v) is 2.28. The summed E-state index contributed by atoms with van der Waals surface area (Å²) in [5, 5.41) is 18.1. The third-order valence-electron chi connectivity index (χ3n) is 3.17. The van der Waals surface area contributed by atoms with E-state index in [9.17, 15) is 13.9 Å². The summed E-state index contributed by atoms with van der Waals surface area (Å²) >= 11 is 5.89. The molecule has 0 radical (unpaired) electrons. The first-order valence-electron chi connectivity index (χ1n) is 6.61. The minimum atomic E-state index is -3.05. The molecule has 24 heavy (non-hydrogen) atoms. The quantitative estimate of drug-likeness (QED) is 0.776. The lowest BCUT2D eigenvalue weighted by Crippen LogP contribution is -2.06. The van der Waals surface area contributed by atoms with Gasteiger partial charge < -0.3 is 14.4 Å². The molecule has 10 heteroatoms. The van der Waals surface area contributed by atoms with Crippen LogP contribution < -0.4 is 4.74 Å². The van der Waals surface area contributed by atoms with Crippen LogP contribution in [0, 0.1) is 0 Å². The first kappa shape index (κ1) is 16.1. The van der Waals surface area contributed by atoms with Crippen molar-refractivity contribution in [3.8, 4) is 34.4 Å². The Kier molecular flexibility index (Phi) is 4.26. The van der Waals surface area contributed by atoms with Crippen molar-refractivity contribution in [2.24, 2.45) is 7.05 Å². The smallest absolute Gasteiger partial charge is 0.388 e. The Bertz CT molecular complexity index is 887. The largest absolute Gasteiger partial charge is 0.507 e. The third kappa shape index (κ3) is 2.98. The van der Waals surface area contributed by atoms with Crippen LogP contribution >= 0.6 is 11.6 Å². The molecule has 0 bridgehead atoms. The number of aromatic hydroxyl groups is 1. The Morgan fingerprint density at radius 3 is 2.58 bits per heavy atom. The van der Waals surface area contributed by atoms with E-state index in [2.05, 4.69) is 24.9 Å². The molecular weight excluding hydrogens is 344 g/mol. The molecule has 124 valence electrons. The van der Waals surface area contributed by atoms with E-state index in [0.29, 0.717) is 11.4 Å². The minimum Gasteiger partial charge on any atom is -0.507 e. The highest BCUT2D eigenvalue weighted by Gasteiger charge is 2.21. The number of rotatable bonds is 4. The van der Waals surface area contributed by atoms with Crippen LogP contribution in [0.2, 0.25) is 5.02 Å². The van der Waals surface area contributed by atoms with Gasteiger partial charge in [-0.15, -0.1) is 10.2 Å². The fourth-order valence-electron chi connectivity index (χ4n) is 2.12. The molecule has 0 aliphatic rings. The van der Waals surface area contributed by atoms with Crippen molar-refractivity contribution < 1.29 is 18.6 Å². The van der Waals surface area contributed by atoms with E-state index in [1.54, 1.807) is 7.05 Å². The number of hydrogen-bond acceptors (Lipinski definition) is 6. The molecule has 3 heterocycles. The molecule has 0 aromatic carbocycles. The topological polar surface area (TPSA) is 86.0 Å². The number of aromatic nitrogens is 5. The van der Waals surface area contributed by atoms with Crippen LogP contribution in [0.3, 0.4) is 0 Å². The molecule has 0 spiro atoms. The van der Waals surface area contributed by atoms with Gasteiger partial charge in [-0.2, -0.15) is 8.78 Å². The van der Waals surface area contributed by atoms with Gasteiger partial charge in [0.25, 0.3) is 0 Å². The summed E-state index contributed by atoms with van der Waals surface area (Å²) in [6, 6.07) is 2.79. The molecule has 3 rings (SSSR count). The Morgan fingerprint density at radius 1 is 1.21 bits per heavy atom. The highest BCUT2D eigenvalue weighted by Crippen LogP contribution is 2.33. The van der Waals surface area contributed by atoms with Gasteiger partial charge in [0.05, 0.1) is 16.1 Å². The molecule has 0 saturated heterocycles. The Balaban J connectivity index is 2.12. The molecule has 0 aliphatic heterocycles. The average molecular weight is 354 g/mol. The van der Waals surface area contributed by atoms with Gasteiger partial charge in [0.2, 0.25) is 5.88 Å². The maximum atomic E-state index is 12.6. The van der Waals surface area contributed by atoms with E-state index in [1.165, 1.54) is 35.3 Å². The summed E-state index contributed by atoms with van der Waals surface area (Å²) in [7, 11) is 1.60. The summed E-state index contributed by atoms with van der Waals surface area (Å²) in [6.07, 6.45) is 4.02. The Morgan fingerprint density at radius 2 is 1.92 bits per heavy atom. The normalized spacial score (nSPS) is 11.0. The lowest BCUT2D eigenvalue weighted by atomic mass is 10.2. The van der Waals surface area contributed by atoms with Crippen molar-refractivity contribution in [2.45, 2.75) is 6.61 Å². The van der Waals surface area contributed by atoms with Gasteiger partial charge >= 0.3 is 6.61 Å². The van der Waals surface area contributed by atoms with E-state index in [-0.39, 0.29) is 28.0 Å². The van der Waals surface area contributed by atoms with Crippen molar-refractivity contribution in [3.63, 3.8) is 0 Å². The van der Waals surface area contributed by atoms with E-state index in [4.69, 9.17) is 11.6 Å². The zero-order valence-corrected chi connectivity index (χ0v) is 12.9. The number of nitrogens with zero attached hydrogens (tertiary/aromatic N) is 5. The van der Waals surface area contributed by atoms with E-state index in [1.807, 2.05) is 0 Å². The number of pyridine rings is 2. The maximum Gasteiger partial charge on any atom is 0.388 e. The summed E-state index contributed by atoms with van der Waals surface area (Å²) in [6.45, 7) is -3.05. The standard InChI is InChI=1S/C14H10ClF2N5O2/c1-22-11(8-4-7(15)5-19-13(8)24-14(16)17)20-21-12(22)9-6-18-3-2-10(9)23/h2-6,14H,1H3,(H,18,23). The van der Waals surface area contributed by atoms with Crippen LogP contribution in [0.4, 0.5) is 8.78 Å². The minimum absolute atomic E-state index is 0.0414. The average Bonchev–Trinajstić information content (AvgIpc) is 2.91. The molecule has 3 aromatic rings. The molecule has 0 fully saturated rings. The molecule has 7 nitrogen and oxygen atoms in total. The predicted molar refractivity (Wildman–Crippen MR) is 80.8 cm³/mol. The van der Waals surface area contributed by atoms with Crippen LogP contribution in [0.25, 0.3) is 22.8 Å². The number of hydrogen-bond donors (Lipinski definition) is 1. The lowest BCUT2D eigenvalue weighted by Gasteiger charge is -2.10. The van der Waals surface area contributed by atoms with Gasteiger partial charge in [-0.1, -0.05) is 11.6 Å². The highest BCUT2D eigenvalue weighted by molar-refractivity contribution is 6.30. The number of ether oxygens (including phenoxy) is 1. The van der Waals surface area contributed by atoms with E-state index < -0.39 is 6.61 Å². The second-order valence-electron chi connectivity index (χ2n) is 4.68. The summed E-state index contributed by atoms with van der Waals surface area (Å²) < 4.78 is 31.0. The first-order valence-corrected chi connectivity index (χ1v) is 6.98. The Hall–Kier alpha value is -2.81. The van der Waals surface area contributed by atoms with Crippen molar-refractivity contribution in [1.29, 1.82) is 0 Å². The predicted octanol–water partition coefficient (Wildman–Crippen LogP) is 2.90. The van der Waals surface area contributed by atoms with Gasteiger partial charge in [-0.25, -0.2) is 4.98 Å². The number of alkyl halides is 2. The Labute approximate surface area is 139 Å². The van der Waals surface area contributed by atoms with E-state index >= 15 is 0 Å². The molecular formula is C14H10ClF2N5O2. The SMILES string of the molecule is Cn1c(-c2cnccc2O)nnc1-c1cc(Cl)cnc1OC(F)F. The second kappa shape index (κ2) is 6.36. The molecule has 0 saturated carbocycles. The molecule has 0 unspecified atom stereocenters. The first-order chi connectivity index (χ1) is 11.5. The summed E-state index contributed by atoms with van der Waals surface area (Å²) in [4.78, 5) is 7.68. The van der Waals surface area contributed by atoms with Gasteiger partial charge in [0.1, 0.15) is 5.75 Å². The second-order valence-corrected chi connectivity index (χ2v) is 5.12. The van der Waals surface area contributed by atoms with Crippen LogP contribution in [0.5, 0.6) is 11.6 Å². The van der Waals surface area contributed by atoms with Crippen LogP contribution in [-0.2, 0) is 7.05 Å². The fraction of sp³-hybridized carbons (Fsp3) is 0.143. The molecule has 3 aromatic heterocycles. The van der Waals surface area contributed by atoms with Crippen molar-refractivity contribution in [1.82, 2.24) is 24.7 Å². The monoisotopic (exact) mass is 353 g/mol. The van der Waals surface area contributed by atoms with Gasteiger partial charge in [-0.3, -0.25) is 4.98 Å². The van der Waals surface area contributed by atoms with Crippen LogP contribution in [-0.4, -0.2) is 36.5 Å². The maximum absolute atomic E-state index is 12.6. The zero-order chi connectivity index (χ0) is 17.3. The molecule has 1 N–H and O–H groups in total. The van der Waals surface area contributed by atoms with Crippen LogP contribution in [0.15, 0.2) is 30.7 Å². The van der Waals surface area contributed by atoms with Gasteiger partial charge in [-0.05, 0) is 12.1 Å². The molecule has 0 atom stereocenters. The van der Waals surface area contributed by atoms with Crippen molar-refractivity contribution >= 4 is 11.6 Å². The van der Waals surface area contributed by atoms with Gasteiger partial charge in [0.15, 0.2) is 11.6 Å². The summed E-state index contributed by atoms with van der Waals surface area (Å²) in [5.41, 5.74) is 0.484. The number of halogens is 3. The highest BCUT2D eigenvalue weighted by atomic mass is 35.5. The van der Waals surface area contributed by atoms with Crippen molar-refractivity contribution in [3.05, 3.63) is 35.7 Å². The van der Waals surface area contributed by atoms with Crippen LogP contribution in [0.1, 0.15) is 0 Å². The lowest BCUT2D eigenvalue weighted by molar-refractivity contribution is -0.0524. The third-order valence-corrected chi connectivity index (χ3v) is 3.38. The van der Waals surface area contributed by atoms with Gasteiger partial charge in [0, 0.05) is 25.6 Å². The molecule has 0 amide bonds. The molecule has 0 aliphatic carbocycles. The van der Waals surface area contributed by atoms with Crippen molar-refractivity contribution in [2.75, 3.05) is 0 Å².